The van der Waals surface area contributed by atoms with Crippen molar-refractivity contribution in [3.8, 4) is 0 Å². The molecule has 1 aromatic carbocycles. The highest BCUT2D eigenvalue weighted by molar-refractivity contribution is 14.0. The molecule has 3 N–H and O–H groups in total. The van der Waals surface area contributed by atoms with E-state index in [4.69, 9.17) is 0 Å². The average molecular weight is 416 g/mol. The van der Waals surface area contributed by atoms with Crippen LogP contribution in [-0.4, -0.2) is 30.6 Å². The maximum Gasteiger partial charge on any atom is 0.191 e. The molecule has 0 spiro atoms. The number of nitrogens with zero attached hydrogens (tertiary/aromatic N) is 1. The summed E-state index contributed by atoms with van der Waals surface area (Å²) in [6.07, 6.45) is 4.47. The van der Waals surface area contributed by atoms with E-state index in [1.54, 1.807) is 18.2 Å². The van der Waals surface area contributed by atoms with Crippen molar-refractivity contribution in [3.05, 3.63) is 48.4 Å². The lowest BCUT2D eigenvalue weighted by Gasteiger charge is -2.09. The van der Waals surface area contributed by atoms with Crippen LogP contribution in [0.5, 0.6) is 0 Å². The van der Waals surface area contributed by atoms with Crippen LogP contribution < -0.4 is 10.6 Å². The van der Waals surface area contributed by atoms with Crippen molar-refractivity contribution in [2.45, 2.75) is 13.3 Å². The third-order valence-electron chi connectivity index (χ3n) is 3.14. The maximum atomic E-state index is 13.3. The number of aliphatic imine (C=N–C) groups is 1. The van der Waals surface area contributed by atoms with Crippen LogP contribution >= 0.6 is 24.0 Å². The molecule has 0 aliphatic rings. The average Bonchev–Trinajstić information content (AvgIpc) is 2.87. The molecule has 6 heteroatoms. The molecule has 0 radical (unpaired) electrons. The highest BCUT2D eigenvalue weighted by atomic mass is 127. The summed E-state index contributed by atoms with van der Waals surface area (Å²) in [4.78, 5) is 7.65. The molecule has 0 aliphatic heterocycles. The highest BCUT2D eigenvalue weighted by Crippen LogP contribution is 2.19. The van der Waals surface area contributed by atoms with Gasteiger partial charge in [-0.25, -0.2) is 4.39 Å². The first-order valence-electron chi connectivity index (χ1n) is 7.13. The molecule has 2 rings (SSSR count). The Morgan fingerprint density at radius 2 is 2.23 bits per heavy atom. The number of guanidine groups is 1. The zero-order valence-electron chi connectivity index (χ0n) is 12.7. The van der Waals surface area contributed by atoms with E-state index in [0.717, 1.165) is 35.4 Å². The van der Waals surface area contributed by atoms with Crippen molar-refractivity contribution in [1.29, 1.82) is 0 Å². The minimum Gasteiger partial charge on any atom is -0.361 e. The van der Waals surface area contributed by atoms with Crippen LogP contribution in [-0.2, 0) is 6.42 Å². The second-order valence-electron chi connectivity index (χ2n) is 4.68. The van der Waals surface area contributed by atoms with Gasteiger partial charge in [0.15, 0.2) is 5.96 Å². The first kappa shape index (κ1) is 18.5. The van der Waals surface area contributed by atoms with Gasteiger partial charge in [0.2, 0.25) is 0 Å². The van der Waals surface area contributed by atoms with Gasteiger partial charge in [-0.15, -0.1) is 30.6 Å². The number of aromatic nitrogens is 1. The Hall–Kier alpha value is -1.57. The summed E-state index contributed by atoms with van der Waals surface area (Å²) in [5.74, 6) is 0.552. The van der Waals surface area contributed by atoms with Gasteiger partial charge in [-0.05, 0) is 37.1 Å². The molecule has 22 heavy (non-hydrogen) atoms. The van der Waals surface area contributed by atoms with Crippen molar-refractivity contribution >= 4 is 40.8 Å². The number of nitrogens with one attached hydrogen (secondary N) is 3. The zero-order chi connectivity index (χ0) is 15.1. The predicted octanol–water partition coefficient (Wildman–Crippen LogP) is 3.21. The largest absolute Gasteiger partial charge is 0.361 e. The topological polar surface area (TPSA) is 52.2 Å². The van der Waals surface area contributed by atoms with Crippen molar-refractivity contribution < 1.29 is 4.39 Å². The number of rotatable bonds is 6. The van der Waals surface area contributed by atoms with Crippen LogP contribution in [0.3, 0.4) is 0 Å². The molecule has 2 aromatic rings. The third-order valence-corrected chi connectivity index (χ3v) is 3.14. The minimum atomic E-state index is -0.215. The smallest absolute Gasteiger partial charge is 0.191 e. The second-order valence-corrected chi connectivity index (χ2v) is 4.68. The Bertz CT molecular complexity index is 636. The zero-order valence-corrected chi connectivity index (χ0v) is 15.0. The van der Waals surface area contributed by atoms with Gasteiger partial charge in [-0.3, -0.25) is 4.99 Å². The second kappa shape index (κ2) is 9.45. The van der Waals surface area contributed by atoms with Gasteiger partial charge in [0.1, 0.15) is 5.82 Å². The lowest BCUT2D eigenvalue weighted by molar-refractivity contribution is 0.629. The van der Waals surface area contributed by atoms with E-state index < -0.39 is 0 Å². The SMILES string of the molecule is C=CCNC(=NCCc1c[nH]c2ccc(F)cc12)NCC.I. The maximum absolute atomic E-state index is 13.3. The summed E-state index contributed by atoms with van der Waals surface area (Å²) >= 11 is 0. The van der Waals surface area contributed by atoms with Crippen molar-refractivity contribution in [2.24, 2.45) is 4.99 Å². The van der Waals surface area contributed by atoms with Gasteiger partial charge in [0.25, 0.3) is 0 Å². The Balaban J connectivity index is 0.00000242. The van der Waals surface area contributed by atoms with Gasteiger partial charge in [0, 0.05) is 36.7 Å². The van der Waals surface area contributed by atoms with E-state index in [1.807, 2.05) is 13.1 Å². The molecule has 0 aliphatic carbocycles. The van der Waals surface area contributed by atoms with E-state index in [9.17, 15) is 4.39 Å². The Kier molecular flexibility index (Phi) is 7.94. The molecule has 4 nitrogen and oxygen atoms in total. The molecule has 0 saturated heterocycles. The number of H-pyrrole nitrogens is 1. The van der Waals surface area contributed by atoms with Crippen molar-refractivity contribution in [2.75, 3.05) is 19.6 Å². The minimum absolute atomic E-state index is 0. The molecule has 1 heterocycles. The molecule has 0 saturated carbocycles. The van der Waals surface area contributed by atoms with Crippen LogP contribution in [0.2, 0.25) is 0 Å². The Morgan fingerprint density at radius 1 is 1.41 bits per heavy atom. The van der Waals surface area contributed by atoms with E-state index >= 15 is 0 Å². The first-order chi connectivity index (χ1) is 10.2. The monoisotopic (exact) mass is 416 g/mol. The van der Waals surface area contributed by atoms with Gasteiger partial charge in [-0.2, -0.15) is 0 Å². The van der Waals surface area contributed by atoms with Crippen LogP contribution in [0.25, 0.3) is 10.9 Å². The van der Waals surface area contributed by atoms with Crippen LogP contribution in [0.15, 0.2) is 42.0 Å². The van der Waals surface area contributed by atoms with Crippen molar-refractivity contribution in [1.82, 2.24) is 15.6 Å². The number of halogens is 2. The van der Waals surface area contributed by atoms with Gasteiger partial charge in [-0.1, -0.05) is 6.08 Å². The van der Waals surface area contributed by atoms with Gasteiger partial charge >= 0.3 is 0 Å². The molecule has 120 valence electrons. The Labute approximate surface area is 147 Å². The lowest BCUT2D eigenvalue weighted by Crippen LogP contribution is -2.37. The molecule has 0 atom stereocenters. The summed E-state index contributed by atoms with van der Waals surface area (Å²) < 4.78 is 13.3. The van der Waals surface area contributed by atoms with E-state index in [2.05, 4.69) is 27.2 Å². The summed E-state index contributed by atoms with van der Waals surface area (Å²) in [7, 11) is 0. The lowest BCUT2D eigenvalue weighted by atomic mass is 10.1. The van der Waals surface area contributed by atoms with Crippen LogP contribution in [0, 0.1) is 5.82 Å². The molecular formula is C16H22FIN4. The standard InChI is InChI=1S/C16H21FN4.HI/c1-3-8-19-16(18-4-2)20-9-7-12-11-21-15-6-5-13(17)10-14(12)15;/h3,5-6,10-11,21H,1,4,7-9H2,2H3,(H2,18,19,20);1H. The van der Waals surface area contributed by atoms with Gasteiger partial charge in [0.05, 0.1) is 0 Å². The summed E-state index contributed by atoms with van der Waals surface area (Å²) in [6.45, 7) is 7.80. The van der Waals surface area contributed by atoms with Crippen molar-refractivity contribution in [3.63, 3.8) is 0 Å². The highest BCUT2D eigenvalue weighted by Gasteiger charge is 2.04. The molecule has 0 unspecified atom stereocenters. The first-order valence-corrected chi connectivity index (χ1v) is 7.13. The quantitative estimate of drug-likeness (QED) is 0.293. The van der Waals surface area contributed by atoms with E-state index in [1.165, 1.54) is 6.07 Å². The summed E-state index contributed by atoms with van der Waals surface area (Å²) in [5.41, 5.74) is 2.03. The predicted molar refractivity (Wildman–Crippen MR) is 102 cm³/mol. The number of benzene rings is 1. The molecule has 0 bridgehead atoms. The summed E-state index contributed by atoms with van der Waals surface area (Å²) in [6, 6.07) is 4.78. The normalized spacial score (nSPS) is 11.1. The van der Waals surface area contributed by atoms with Crippen LogP contribution in [0.1, 0.15) is 12.5 Å². The number of fused-ring (bicyclic) bond motifs is 1. The Morgan fingerprint density at radius 3 is 2.95 bits per heavy atom. The molecule has 1 aromatic heterocycles. The fourth-order valence-electron chi connectivity index (χ4n) is 2.16. The molecule has 0 fully saturated rings. The fourth-order valence-corrected chi connectivity index (χ4v) is 2.16. The summed E-state index contributed by atoms with van der Waals surface area (Å²) in [5, 5.41) is 7.24. The van der Waals surface area contributed by atoms with E-state index in [0.29, 0.717) is 13.1 Å². The fraction of sp³-hybridized carbons (Fsp3) is 0.312. The van der Waals surface area contributed by atoms with Crippen LogP contribution in [0.4, 0.5) is 4.39 Å². The molecular weight excluding hydrogens is 394 g/mol. The molecule has 0 amide bonds. The number of aromatic amines is 1. The third kappa shape index (κ3) is 5.01. The van der Waals surface area contributed by atoms with E-state index in [-0.39, 0.29) is 29.8 Å². The number of hydrogen-bond acceptors (Lipinski definition) is 1. The van der Waals surface area contributed by atoms with Gasteiger partial charge < -0.3 is 15.6 Å². The number of hydrogen-bond donors (Lipinski definition) is 3.